The maximum absolute atomic E-state index is 11.5. The van der Waals surface area contributed by atoms with Crippen LogP contribution >= 0.6 is 0 Å². The lowest BCUT2D eigenvalue weighted by Gasteiger charge is -2.18. The topological polar surface area (TPSA) is 69.6 Å². The fourth-order valence-electron chi connectivity index (χ4n) is 1.06. The lowest BCUT2D eigenvalue weighted by atomic mass is 10.4. The van der Waals surface area contributed by atoms with Gasteiger partial charge in [-0.05, 0) is 13.0 Å². The monoisotopic (exact) mass is 214 g/mol. The molecule has 0 unspecified atom stereocenters. The molecule has 0 rings (SSSR count). The van der Waals surface area contributed by atoms with E-state index in [4.69, 9.17) is 5.11 Å². The van der Waals surface area contributed by atoms with E-state index in [-0.39, 0.29) is 25.5 Å². The molecule has 0 aromatic rings. The number of nitrogens with one attached hydrogen (secondary N) is 1. The average molecular weight is 214 g/mol. The molecule has 0 aromatic carbocycles. The van der Waals surface area contributed by atoms with E-state index in [0.29, 0.717) is 0 Å². The highest BCUT2D eigenvalue weighted by Gasteiger charge is 2.14. The van der Waals surface area contributed by atoms with Crippen molar-refractivity contribution in [1.82, 2.24) is 10.2 Å². The summed E-state index contributed by atoms with van der Waals surface area (Å²) in [5, 5.41) is 11.5. The standard InChI is InChI=1S/C10H18N2O3/c1-3-5-11-7-9(13)12(6-4-2)8-10(14)15/h4,11H,2-3,5-8H2,1H3,(H,14,15). The minimum absolute atomic E-state index is 0.176. The van der Waals surface area contributed by atoms with Crippen molar-refractivity contribution in [2.45, 2.75) is 13.3 Å². The second-order valence-corrected chi connectivity index (χ2v) is 3.13. The predicted octanol–water partition coefficient (Wildman–Crippen LogP) is 0.0852. The number of hydrogen-bond acceptors (Lipinski definition) is 3. The Morgan fingerprint density at radius 2 is 2.20 bits per heavy atom. The molecule has 5 nitrogen and oxygen atoms in total. The molecule has 0 aliphatic rings. The summed E-state index contributed by atoms with van der Waals surface area (Å²) in [4.78, 5) is 23.2. The summed E-state index contributed by atoms with van der Waals surface area (Å²) in [7, 11) is 0. The van der Waals surface area contributed by atoms with Gasteiger partial charge in [0.25, 0.3) is 0 Å². The first-order chi connectivity index (χ1) is 7.11. The van der Waals surface area contributed by atoms with E-state index >= 15 is 0 Å². The lowest BCUT2D eigenvalue weighted by Crippen LogP contribution is -2.41. The van der Waals surface area contributed by atoms with Crippen LogP contribution in [0.25, 0.3) is 0 Å². The van der Waals surface area contributed by atoms with E-state index < -0.39 is 5.97 Å². The number of carboxylic acid groups (broad SMARTS) is 1. The van der Waals surface area contributed by atoms with Gasteiger partial charge in [0.05, 0.1) is 6.54 Å². The van der Waals surface area contributed by atoms with Crippen LogP contribution in [-0.2, 0) is 9.59 Å². The van der Waals surface area contributed by atoms with Gasteiger partial charge in [0.1, 0.15) is 6.54 Å². The van der Waals surface area contributed by atoms with Gasteiger partial charge in [-0.25, -0.2) is 0 Å². The van der Waals surface area contributed by atoms with Crippen LogP contribution < -0.4 is 5.32 Å². The Labute approximate surface area is 89.8 Å². The van der Waals surface area contributed by atoms with Crippen LogP contribution in [0.4, 0.5) is 0 Å². The molecular formula is C10H18N2O3. The van der Waals surface area contributed by atoms with Gasteiger partial charge in [0.2, 0.25) is 5.91 Å². The van der Waals surface area contributed by atoms with E-state index in [1.165, 1.54) is 11.0 Å². The third kappa shape index (κ3) is 6.68. The Balaban J connectivity index is 4.03. The van der Waals surface area contributed by atoms with Gasteiger partial charge in [-0.2, -0.15) is 0 Å². The Kier molecular flexibility index (Phi) is 7.27. The van der Waals surface area contributed by atoms with Gasteiger partial charge in [-0.15, -0.1) is 6.58 Å². The Bertz CT molecular complexity index is 229. The maximum atomic E-state index is 11.5. The molecule has 0 aliphatic carbocycles. The summed E-state index contributed by atoms with van der Waals surface area (Å²) < 4.78 is 0. The summed E-state index contributed by atoms with van der Waals surface area (Å²) in [6.45, 7) is 6.39. The molecule has 2 N–H and O–H groups in total. The molecule has 1 amide bonds. The molecule has 0 radical (unpaired) electrons. The average Bonchev–Trinajstić information content (AvgIpc) is 2.17. The first-order valence-corrected chi connectivity index (χ1v) is 4.93. The van der Waals surface area contributed by atoms with Gasteiger partial charge in [-0.1, -0.05) is 13.0 Å². The lowest BCUT2D eigenvalue weighted by molar-refractivity contribution is -0.143. The summed E-state index contributed by atoms with van der Waals surface area (Å²) in [5.74, 6) is -1.23. The highest BCUT2D eigenvalue weighted by molar-refractivity contribution is 5.82. The third-order valence-corrected chi connectivity index (χ3v) is 1.73. The van der Waals surface area contributed by atoms with E-state index in [9.17, 15) is 9.59 Å². The third-order valence-electron chi connectivity index (χ3n) is 1.73. The molecule has 0 aromatic heterocycles. The molecule has 0 bridgehead atoms. The fraction of sp³-hybridized carbons (Fsp3) is 0.600. The molecule has 86 valence electrons. The van der Waals surface area contributed by atoms with Crippen LogP contribution in [0.5, 0.6) is 0 Å². The quantitative estimate of drug-likeness (QED) is 0.443. The zero-order chi connectivity index (χ0) is 11.7. The van der Waals surface area contributed by atoms with Crippen LogP contribution in [0.2, 0.25) is 0 Å². The van der Waals surface area contributed by atoms with Crippen LogP contribution in [-0.4, -0.2) is 48.1 Å². The zero-order valence-electron chi connectivity index (χ0n) is 9.03. The minimum Gasteiger partial charge on any atom is -0.480 e. The number of carbonyl (C=O) groups is 2. The second-order valence-electron chi connectivity index (χ2n) is 3.13. The number of carbonyl (C=O) groups excluding carboxylic acids is 1. The number of nitrogens with zero attached hydrogens (tertiary/aromatic N) is 1. The van der Waals surface area contributed by atoms with E-state index in [0.717, 1.165) is 13.0 Å². The normalized spacial score (nSPS) is 9.67. The largest absolute Gasteiger partial charge is 0.480 e. The smallest absolute Gasteiger partial charge is 0.323 e. The van der Waals surface area contributed by atoms with Crippen LogP contribution in [0.15, 0.2) is 12.7 Å². The number of hydrogen-bond donors (Lipinski definition) is 2. The fourth-order valence-corrected chi connectivity index (χ4v) is 1.06. The van der Waals surface area contributed by atoms with Gasteiger partial charge >= 0.3 is 5.97 Å². The molecule has 0 aliphatic heterocycles. The van der Waals surface area contributed by atoms with Crippen molar-refractivity contribution in [3.63, 3.8) is 0 Å². The van der Waals surface area contributed by atoms with E-state index in [1.54, 1.807) is 0 Å². The molecule has 0 atom stereocenters. The molecular weight excluding hydrogens is 196 g/mol. The van der Waals surface area contributed by atoms with Crippen molar-refractivity contribution in [3.8, 4) is 0 Å². The van der Waals surface area contributed by atoms with Crippen molar-refractivity contribution in [2.75, 3.05) is 26.2 Å². The molecule has 0 spiro atoms. The van der Waals surface area contributed by atoms with Gasteiger partial charge in [0.15, 0.2) is 0 Å². The SMILES string of the molecule is C=CCN(CC(=O)O)C(=O)CNCCC. The molecule has 0 fully saturated rings. The highest BCUT2D eigenvalue weighted by atomic mass is 16.4. The molecule has 5 heteroatoms. The zero-order valence-corrected chi connectivity index (χ0v) is 9.03. The van der Waals surface area contributed by atoms with Crippen molar-refractivity contribution in [2.24, 2.45) is 0 Å². The minimum atomic E-state index is -1.01. The number of amides is 1. The van der Waals surface area contributed by atoms with E-state index in [2.05, 4.69) is 11.9 Å². The van der Waals surface area contributed by atoms with Crippen molar-refractivity contribution in [3.05, 3.63) is 12.7 Å². The molecule has 15 heavy (non-hydrogen) atoms. The number of rotatable bonds is 8. The molecule has 0 heterocycles. The Morgan fingerprint density at radius 3 is 2.67 bits per heavy atom. The summed E-state index contributed by atoms with van der Waals surface area (Å²) in [5.41, 5.74) is 0. The van der Waals surface area contributed by atoms with Crippen molar-refractivity contribution in [1.29, 1.82) is 0 Å². The van der Waals surface area contributed by atoms with Crippen molar-refractivity contribution >= 4 is 11.9 Å². The number of aliphatic carboxylic acids is 1. The first-order valence-electron chi connectivity index (χ1n) is 4.93. The summed E-state index contributed by atoms with van der Waals surface area (Å²) >= 11 is 0. The maximum Gasteiger partial charge on any atom is 0.323 e. The molecule has 0 saturated heterocycles. The van der Waals surface area contributed by atoms with E-state index in [1.807, 2.05) is 6.92 Å². The second kappa shape index (κ2) is 7.99. The van der Waals surface area contributed by atoms with Gasteiger partial charge in [-0.3, -0.25) is 9.59 Å². The van der Waals surface area contributed by atoms with Crippen LogP contribution in [0.3, 0.4) is 0 Å². The number of carboxylic acids is 1. The van der Waals surface area contributed by atoms with Crippen molar-refractivity contribution < 1.29 is 14.7 Å². The van der Waals surface area contributed by atoms with Crippen LogP contribution in [0.1, 0.15) is 13.3 Å². The Morgan fingerprint density at radius 1 is 1.53 bits per heavy atom. The van der Waals surface area contributed by atoms with Gasteiger partial charge in [0, 0.05) is 6.54 Å². The highest BCUT2D eigenvalue weighted by Crippen LogP contribution is 1.90. The first kappa shape index (κ1) is 13.6. The summed E-state index contributed by atoms with van der Waals surface area (Å²) in [6, 6.07) is 0. The van der Waals surface area contributed by atoms with Crippen LogP contribution in [0, 0.1) is 0 Å². The summed E-state index contributed by atoms with van der Waals surface area (Å²) in [6.07, 6.45) is 2.45. The Hall–Kier alpha value is -1.36. The van der Waals surface area contributed by atoms with Gasteiger partial charge < -0.3 is 15.3 Å². The predicted molar refractivity (Wildman–Crippen MR) is 57.6 cm³/mol. The molecule has 0 saturated carbocycles.